The van der Waals surface area contributed by atoms with Gasteiger partial charge in [0, 0.05) is 17.8 Å². The highest BCUT2D eigenvalue weighted by Crippen LogP contribution is 2.38. The Bertz CT molecular complexity index is 1150. The van der Waals surface area contributed by atoms with Gasteiger partial charge in [-0.3, -0.25) is 0 Å². The third kappa shape index (κ3) is 6.55. The quantitative estimate of drug-likeness (QED) is 0.183. The van der Waals surface area contributed by atoms with Crippen LogP contribution in [-0.4, -0.2) is 11.1 Å². The largest absolute Gasteiger partial charge is 0.506 e. The van der Waals surface area contributed by atoms with Gasteiger partial charge in [-0.05, 0) is 58.5 Å². The van der Waals surface area contributed by atoms with Gasteiger partial charge in [0.2, 0.25) is 0 Å². The van der Waals surface area contributed by atoms with Crippen LogP contribution in [0.25, 0.3) is 0 Å². The first-order valence-corrected chi connectivity index (χ1v) is 10.7. The molecule has 0 radical (unpaired) electrons. The minimum absolute atomic E-state index is 0.00480. The fourth-order valence-corrected chi connectivity index (χ4v) is 3.65. The molecule has 0 aliphatic rings. The number of halogens is 7. The molecule has 4 nitrogen and oxygen atoms in total. The van der Waals surface area contributed by atoms with E-state index in [1.807, 2.05) is 0 Å². The van der Waals surface area contributed by atoms with Crippen molar-refractivity contribution in [3.63, 3.8) is 0 Å². The molecule has 0 saturated heterocycles. The number of rotatable bonds is 6. The Kier molecular flexibility index (Phi) is 7.64. The SMILES string of the molecule is O=C(OCc1ccccc1)c1cc(I)c(O)c(CNc2cc(C(F)(F)F)cc(C(F)(F)F)c2)c1. The smallest absolute Gasteiger partial charge is 0.416 e. The Labute approximate surface area is 203 Å². The van der Waals surface area contributed by atoms with Crippen molar-refractivity contribution in [1.82, 2.24) is 0 Å². The Morgan fingerprint density at radius 2 is 1.50 bits per heavy atom. The van der Waals surface area contributed by atoms with Gasteiger partial charge >= 0.3 is 18.3 Å². The number of hydrogen-bond acceptors (Lipinski definition) is 4. The lowest BCUT2D eigenvalue weighted by Crippen LogP contribution is -2.12. The zero-order valence-corrected chi connectivity index (χ0v) is 19.3. The number of aromatic hydroxyl groups is 1. The van der Waals surface area contributed by atoms with E-state index in [9.17, 15) is 36.2 Å². The number of nitrogens with one attached hydrogen (secondary N) is 1. The minimum Gasteiger partial charge on any atom is -0.506 e. The molecule has 0 saturated carbocycles. The second kappa shape index (κ2) is 10.1. The van der Waals surface area contributed by atoms with Crippen LogP contribution in [0.4, 0.5) is 32.0 Å². The first-order chi connectivity index (χ1) is 15.8. The average Bonchev–Trinajstić information content (AvgIpc) is 2.77. The average molecular weight is 595 g/mol. The molecule has 0 aromatic heterocycles. The van der Waals surface area contributed by atoms with Crippen molar-refractivity contribution in [2.24, 2.45) is 0 Å². The van der Waals surface area contributed by atoms with Crippen LogP contribution in [0.15, 0.2) is 60.7 Å². The number of carbonyl (C=O) groups is 1. The number of benzene rings is 3. The summed E-state index contributed by atoms with van der Waals surface area (Å²) in [7, 11) is 0. The number of alkyl halides is 6. The molecule has 0 heterocycles. The molecule has 2 N–H and O–H groups in total. The second-order valence-electron chi connectivity index (χ2n) is 7.18. The molecule has 3 aromatic carbocycles. The molecule has 0 fully saturated rings. The van der Waals surface area contributed by atoms with E-state index in [2.05, 4.69) is 5.32 Å². The zero-order chi connectivity index (χ0) is 25.1. The Morgan fingerprint density at radius 3 is 2.06 bits per heavy atom. The fourth-order valence-electron chi connectivity index (χ4n) is 2.97. The third-order valence-electron chi connectivity index (χ3n) is 4.66. The standard InChI is InChI=1S/C23H16F6INO3/c24-22(25,26)16-8-17(23(27,28)29)10-18(9-16)31-11-15-6-14(7-19(30)20(15)32)21(33)34-12-13-4-2-1-3-5-13/h1-10,31-32H,11-12H2. The van der Waals surface area contributed by atoms with Gasteiger partial charge in [0.1, 0.15) is 12.4 Å². The molecular weight excluding hydrogens is 579 g/mol. The van der Waals surface area contributed by atoms with E-state index >= 15 is 0 Å². The molecular formula is C23H16F6INO3. The monoisotopic (exact) mass is 595 g/mol. The number of anilines is 1. The second-order valence-corrected chi connectivity index (χ2v) is 8.34. The summed E-state index contributed by atoms with van der Waals surface area (Å²) < 4.78 is 83.9. The van der Waals surface area contributed by atoms with E-state index in [-0.39, 0.29) is 39.7 Å². The number of carbonyl (C=O) groups excluding carboxylic acids is 1. The molecule has 0 unspecified atom stereocenters. The number of hydrogen-bond donors (Lipinski definition) is 2. The number of esters is 1. The summed E-state index contributed by atoms with van der Waals surface area (Å²) in [5, 5.41) is 12.8. The Morgan fingerprint density at radius 1 is 0.912 bits per heavy atom. The van der Waals surface area contributed by atoms with Crippen molar-refractivity contribution in [2.45, 2.75) is 25.5 Å². The number of phenolic OH excluding ortho intramolecular Hbond substituents is 1. The maximum atomic E-state index is 13.1. The van der Waals surface area contributed by atoms with Crippen LogP contribution in [0.5, 0.6) is 5.75 Å². The van der Waals surface area contributed by atoms with Crippen LogP contribution in [0.1, 0.15) is 32.6 Å². The summed E-state index contributed by atoms with van der Waals surface area (Å²) in [5.41, 5.74) is -2.49. The summed E-state index contributed by atoms with van der Waals surface area (Å²) in [6.07, 6.45) is -9.98. The van der Waals surface area contributed by atoms with Crippen LogP contribution in [0.3, 0.4) is 0 Å². The lowest BCUT2D eigenvalue weighted by molar-refractivity contribution is -0.143. The van der Waals surface area contributed by atoms with E-state index in [1.165, 1.54) is 12.1 Å². The summed E-state index contributed by atoms with van der Waals surface area (Å²) in [5.74, 6) is -0.975. The molecule has 11 heteroatoms. The van der Waals surface area contributed by atoms with Gasteiger partial charge in [0.15, 0.2) is 0 Å². The molecule has 0 spiro atoms. The van der Waals surface area contributed by atoms with Gasteiger partial charge in [-0.15, -0.1) is 0 Å². The van der Waals surface area contributed by atoms with E-state index in [0.717, 1.165) is 5.56 Å². The summed E-state index contributed by atoms with van der Waals surface area (Å²) in [6, 6.07) is 12.6. The lowest BCUT2D eigenvalue weighted by Gasteiger charge is -2.16. The molecule has 3 rings (SSSR count). The van der Waals surface area contributed by atoms with E-state index < -0.39 is 35.1 Å². The minimum atomic E-state index is -4.99. The predicted octanol–water partition coefficient (Wildman–Crippen LogP) is 7.00. The van der Waals surface area contributed by atoms with Crippen LogP contribution < -0.4 is 5.32 Å². The molecule has 0 aliphatic heterocycles. The van der Waals surface area contributed by atoms with Crippen LogP contribution in [-0.2, 0) is 30.2 Å². The molecule has 0 amide bonds. The van der Waals surface area contributed by atoms with Crippen LogP contribution in [0.2, 0.25) is 0 Å². The van der Waals surface area contributed by atoms with E-state index in [4.69, 9.17) is 4.74 Å². The van der Waals surface area contributed by atoms with Crippen molar-refractivity contribution in [3.05, 3.63) is 92.1 Å². The molecule has 0 aliphatic carbocycles. The van der Waals surface area contributed by atoms with Gasteiger partial charge < -0.3 is 15.2 Å². The van der Waals surface area contributed by atoms with Crippen LogP contribution in [0, 0.1) is 3.57 Å². The highest BCUT2D eigenvalue weighted by molar-refractivity contribution is 14.1. The highest BCUT2D eigenvalue weighted by atomic mass is 127. The van der Waals surface area contributed by atoms with E-state index in [1.54, 1.807) is 52.9 Å². The maximum Gasteiger partial charge on any atom is 0.416 e. The molecule has 0 bridgehead atoms. The number of phenols is 1. The molecule has 34 heavy (non-hydrogen) atoms. The van der Waals surface area contributed by atoms with Crippen molar-refractivity contribution >= 4 is 34.2 Å². The Hall–Kier alpha value is -2.96. The lowest BCUT2D eigenvalue weighted by atomic mass is 10.1. The van der Waals surface area contributed by atoms with Gasteiger partial charge in [0.25, 0.3) is 0 Å². The van der Waals surface area contributed by atoms with Gasteiger partial charge in [-0.2, -0.15) is 26.3 Å². The maximum absolute atomic E-state index is 13.1. The summed E-state index contributed by atoms with van der Waals surface area (Å²) in [4.78, 5) is 12.4. The zero-order valence-electron chi connectivity index (χ0n) is 17.1. The van der Waals surface area contributed by atoms with Crippen molar-refractivity contribution in [2.75, 3.05) is 5.32 Å². The van der Waals surface area contributed by atoms with Gasteiger partial charge in [-0.25, -0.2) is 4.79 Å². The molecule has 0 atom stereocenters. The third-order valence-corrected chi connectivity index (χ3v) is 5.48. The first-order valence-electron chi connectivity index (χ1n) is 9.60. The number of ether oxygens (including phenoxy) is 1. The summed E-state index contributed by atoms with van der Waals surface area (Å²) in [6.45, 7) is -0.352. The van der Waals surface area contributed by atoms with Crippen LogP contribution >= 0.6 is 22.6 Å². The van der Waals surface area contributed by atoms with Crippen molar-refractivity contribution in [1.29, 1.82) is 0 Å². The van der Waals surface area contributed by atoms with Gasteiger partial charge in [-0.1, -0.05) is 30.3 Å². The van der Waals surface area contributed by atoms with E-state index in [0.29, 0.717) is 12.1 Å². The molecule has 3 aromatic rings. The Balaban J connectivity index is 1.82. The fraction of sp³-hybridized carbons (Fsp3) is 0.174. The van der Waals surface area contributed by atoms with Crippen molar-refractivity contribution in [3.8, 4) is 5.75 Å². The summed E-state index contributed by atoms with van der Waals surface area (Å²) >= 11 is 1.75. The topological polar surface area (TPSA) is 58.6 Å². The van der Waals surface area contributed by atoms with Crippen molar-refractivity contribution < 1.29 is 41.0 Å². The molecule has 180 valence electrons. The first kappa shape index (κ1) is 25.7. The highest BCUT2D eigenvalue weighted by Gasteiger charge is 2.37. The van der Waals surface area contributed by atoms with Gasteiger partial charge in [0.05, 0.1) is 20.3 Å². The normalized spacial score (nSPS) is 11.9. The predicted molar refractivity (Wildman–Crippen MR) is 120 cm³/mol.